The van der Waals surface area contributed by atoms with Crippen molar-refractivity contribution in [2.75, 3.05) is 23.8 Å². The van der Waals surface area contributed by atoms with Crippen molar-refractivity contribution < 1.29 is 4.57 Å². The summed E-state index contributed by atoms with van der Waals surface area (Å²) in [6.07, 6.45) is 0. The number of aryl methyl sites for hydroxylation is 1. The van der Waals surface area contributed by atoms with Crippen molar-refractivity contribution in [3.63, 3.8) is 0 Å². The van der Waals surface area contributed by atoms with Gasteiger partial charge in [-0.1, -0.05) is 18.2 Å². The molecule has 106 valence electrons. The lowest BCUT2D eigenvalue weighted by molar-refractivity contribution is -0.685. The van der Waals surface area contributed by atoms with Gasteiger partial charge in [0.05, 0.1) is 25.3 Å². The minimum atomic E-state index is 0.947. The molecule has 0 spiro atoms. The van der Waals surface area contributed by atoms with E-state index in [1.165, 1.54) is 17.1 Å². The van der Waals surface area contributed by atoms with Crippen LogP contribution in [0.2, 0.25) is 0 Å². The molecule has 0 bridgehead atoms. The van der Waals surface area contributed by atoms with Crippen molar-refractivity contribution in [2.45, 2.75) is 27.3 Å². The van der Waals surface area contributed by atoms with E-state index in [4.69, 9.17) is 0 Å². The summed E-state index contributed by atoms with van der Waals surface area (Å²) in [5, 5.41) is 3.29. The maximum Gasteiger partial charge on any atom is 0.276 e. The number of rotatable bonds is 5. The highest BCUT2D eigenvalue weighted by Gasteiger charge is 2.15. The molecule has 2 rings (SSSR count). The largest absolute Gasteiger partial charge is 0.341 e. The molecule has 0 aliphatic heterocycles. The smallest absolute Gasteiger partial charge is 0.276 e. The van der Waals surface area contributed by atoms with Crippen molar-refractivity contribution in [3.8, 4) is 0 Å². The molecule has 1 aromatic heterocycles. The van der Waals surface area contributed by atoms with E-state index >= 15 is 0 Å². The molecule has 0 fully saturated rings. The third-order valence-corrected chi connectivity index (χ3v) is 3.63. The summed E-state index contributed by atoms with van der Waals surface area (Å²) < 4.78 is 2.28. The highest BCUT2D eigenvalue weighted by molar-refractivity contribution is 5.65. The van der Waals surface area contributed by atoms with Gasteiger partial charge >= 0.3 is 0 Å². The number of hydrogen-bond donors (Lipinski definition) is 1. The minimum absolute atomic E-state index is 0.947. The first-order valence-corrected chi connectivity index (χ1v) is 7.26. The van der Waals surface area contributed by atoms with Crippen LogP contribution >= 0.6 is 0 Å². The van der Waals surface area contributed by atoms with E-state index in [1.807, 2.05) is 7.05 Å². The predicted octanol–water partition coefficient (Wildman–Crippen LogP) is 3.50. The van der Waals surface area contributed by atoms with Gasteiger partial charge in [-0.05, 0) is 32.9 Å². The second-order valence-electron chi connectivity index (χ2n) is 4.81. The van der Waals surface area contributed by atoms with Crippen LogP contribution in [-0.4, -0.2) is 13.6 Å². The molecular weight excluding hydrogens is 246 g/mol. The summed E-state index contributed by atoms with van der Waals surface area (Å²) in [5.74, 6) is 1.15. The van der Waals surface area contributed by atoms with Gasteiger partial charge in [0.2, 0.25) is 0 Å². The van der Waals surface area contributed by atoms with Gasteiger partial charge in [0, 0.05) is 18.3 Å². The summed E-state index contributed by atoms with van der Waals surface area (Å²) in [6.45, 7) is 8.43. The van der Waals surface area contributed by atoms with Crippen molar-refractivity contribution in [3.05, 3.63) is 48.2 Å². The van der Waals surface area contributed by atoms with Gasteiger partial charge in [-0.2, -0.15) is 0 Å². The first-order valence-electron chi connectivity index (χ1n) is 7.26. The van der Waals surface area contributed by atoms with E-state index in [0.29, 0.717) is 0 Å². The Balaban J connectivity index is 2.48. The van der Waals surface area contributed by atoms with E-state index in [9.17, 15) is 0 Å². The van der Waals surface area contributed by atoms with Gasteiger partial charge in [-0.15, -0.1) is 0 Å². The molecule has 0 unspecified atom stereocenters. The first kappa shape index (κ1) is 14.4. The van der Waals surface area contributed by atoms with Crippen LogP contribution in [-0.2, 0) is 6.54 Å². The molecular formula is C17H24N3+. The second kappa shape index (κ2) is 6.42. The number of hydrogen-bond acceptors (Lipinski definition) is 2. The molecule has 0 aliphatic rings. The fourth-order valence-corrected chi connectivity index (χ4v) is 2.65. The predicted molar refractivity (Wildman–Crippen MR) is 85.7 cm³/mol. The van der Waals surface area contributed by atoms with Crippen LogP contribution in [0.4, 0.5) is 17.2 Å². The fraction of sp³-hybridized carbons (Fsp3) is 0.353. The van der Waals surface area contributed by atoms with Gasteiger partial charge in [-0.25, -0.2) is 4.57 Å². The lowest BCUT2D eigenvalue weighted by Crippen LogP contribution is -2.39. The summed E-state index contributed by atoms with van der Waals surface area (Å²) in [5.41, 5.74) is 3.72. The molecule has 0 radical (unpaired) electrons. The number of anilines is 3. The molecule has 3 heteroatoms. The summed E-state index contributed by atoms with van der Waals surface area (Å²) >= 11 is 0. The molecule has 1 aromatic carbocycles. The monoisotopic (exact) mass is 270 g/mol. The first-order chi connectivity index (χ1) is 9.71. The van der Waals surface area contributed by atoms with Crippen LogP contribution in [0.1, 0.15) is 19.5 Å². The number of para-hydroxylation sites is 1. The zero-order chi connectivity index (χ0) is 14.5. The Kier molecular flexibility index (Phi) is 4.61. The SMILES string of the molecule is CCN(c1ccccc1)c1cc(C)[n+](CC)c(NC)c1. The van der Waals surface area contributed by atoms with E-state index < -0.39 is 0 Å². The van der Waals surface area contributed by atoms with Crippen molar-refractivity contribution in [2.24, 2.45) is 0 Å². The van der Waals surface area contributed by atoms with E-state index in [-0.39, 0.29) is 0 Å². The Morgan fingerprint density at radius 1 is 1.05 bits per heavy atom. The Morgan fingerprint density at radius 3 is 2.30 bits per heavy atom. The van der Waals surface area contributed by atoms with Crippen LogP contribution in [0.3, 0.4) is 0 Å². The van der Waals surface area contributed by atoms with E-state index in [2.05, 4.69) is 78.0 Å². The van der Waals surface area contributed by atoms with Gasteiger partial charge in [-0.3, -0.25) is 5.32 Å². The van der Waals surface area contributed by atoms with Crippen molar-refractivity contribution in [1.82, 2.24) is 0 Å². The number of benzene rings is 1. The molecule has 0 aliphatic carbocycles. The average Bonchev–Trinajstić information content (AvgIpc) is 2.48. The summed E-state index contributed by atoms with van der Waals surface area (Å²) in [4.78, 5) is 2.33. The van der Waals surface area contributed by atoms with Gasteiger partial charge in [0.25, 0.3) is 5.82 Å². The lowest BCUT2D eigenvalue weighted by atomic mass is 10.2. The van der Waals surface area contributed by atoms with Crippen molar-refractivity contribution in [1.29, 1.82) is 0 Å². The third kappa shape index (κ3) is 2.77. The summed E-state index contributed by atoms with van der Waals surface area (Å²) in [7, 11) is 1.98. The Labute approximate surface area is 121 Å². The Bertz CT molecular complexity index is 564. The van der Waals surface area contributed by atoms with E-state index in [1.54, 1.807) is 0 Å². The molecule has 1 N–H and O–H groups in total. The lowest BCUT2D eigenvalue weighted by Gasteiger charge is -2.24. The molecule has 1 heterocycles. The molecule has 0 saturated carbocycles. The number of nitrogens with zero attached hydrogens (tertiary/aromatic N) is 2. The zero-order valence-electron chi connectivity index (χ0n) is 12.9. The quantitative estimate of drug-likeness (QED) is 0.839. The highest BCUT2D eigenvalue weighted by Crippen LogP contribution is 2.26. The maximum absolute atomic E-state index is 3.29. The molecule has 2 aromatic rings. The van der Waals surface area contributed by atoms with Gasteiger partial charge in [0.1, 0.15) is 5.69 Å². The number of pyridine rings is 1. The van der Waals surface area contributed by atoms with E-state index in [0.717, 1.165) is 18.9 Å². The fourth-order valence-electron chi connectivity index (χ4n) is 2.65. The number of aromatic nitrogens is 1. The number of nitrogens with one attached hydrogen (secondary N) is 1. The zero-order valence-corrected chi connectivity index (χ0v) is 12.9. The minimum Gasteiger partial charge on any atom is -0.341 e. The van der Waals surface area contributed by atoms with Crippen LogP contribution in [0, 0.1) is 6.92 Å². The second-order valence-corrected chi connectivity index (χ2v) is 4.81. The maximum atomic E-state index is 3.29. The Hall–Kier alpha value is -2.03. The van der Waals surface area contributed by atoms with Crippen LogP contribution in [0.25, 0.3) is 0 Å². The molecule has 0 amide bonds. The average molecular weight is 270 g/mol. The molecule has 3 nitrogen and oxygen atoms in total. The summed E-state index contributed by atoms with van der Waals surface area (Å²) in [6, 6.07) is 15.0. The van der Waals surface area contributed by atoms with Gasteiger partial charge in [0.15, 0.2) is 0 Å². The van der Waals surface area contributed by atoms with Gasteiger partial charge < -0.3 is 4.90 Å². The van der Waals surface area contributed by atoms with Crippen LogP contribution < -0.4 is 14.8 Å². The van der Waals surface area contributed by atoms with Crippen LogP contribution in [0.5, 0.6) is 0 Å². The third-order valence-electron chi connectivity index (χ3n) is 3.63. The molecule has 0 atom stereocenters. The van der Waals surface area contributed by atoms with Crippen molar-refractivity contribution >= 4 is 17.2 Å². The van der Waals surface area contributed by atoms with Crippen LogP contribution in [0.15, 0.2) is 42.5 Å². The highest BCUT2D eigenvalue weighted by atomic mass is 15.2. The standard InChI is InChI=1S/C17H23N3/c1-5-19-14(3)12-16(13-17(19)18-4)20(6-2)15-10-8-7-9-11-15/h7-13H,5-6H2,1-4H3/p+1. The Morgan fingerprint density at radius 2 is 1.75 bits per heavy atom. The molecule has 20 heavy (non-hydrogen) atoms. The topological polar surface area (TPSA) is 19.1 Å². The molecule has 0 saturated heterocycles. The normalized spacial score (nSPS) is 10.4.